The number of fused-ring (bicyclic) bond motifs is 1. The van der Waals surface area contributed by atoms with Gasteiger partial charge in [-0.2, -0.15) is 0 Å². The molecule has 2 fully saturated rings. The Kier molecular flexibility index (Phi) is 2.72. The van der Waals surface area contributed by atoms with Crippen molar-refractivity contribution in [3.63, 3.8) is 0 Å². The summed E-state index contributed by atoms with van der Waals surface area (Å²) in [5, 5.41) is 0. The summed E-state index contributed by atoms with van der Waals surface area (Å²) < 4.78 is 11.4. The number of cyclic esters (lactones) is 1. The monoisotopic (exact) mass is 260 g/mol. The van der Waals surface area contributed by atoms with Gasteiger partial charge in [0.25, 0.3) is 0 Å². The van der Waals surface area contributed by atoms with E-state index in [9.17, 15) is 4.79 Å². The Morgan fingerprint density at radius 2 is 1.95 bits per heavy atom. The van der Waals surface area contributed by atoms with Crippen molar-refractivity contribution >= 4 is 5.97 Å². The highest BCUT2D eigenvalue weighted by molar-refractivity contribution is 5.87. The molecule has 1 aromatic rings. The van der Waals surface area contributed by atoms with Gasteiger partial charge in [0.15, 0.2) is 5.60 Å². The highest BCUT2D eigenvalue weighted by atomic mass is 16.6. The molecule has 1 heterocycles. The Bertz CT molecular complexity index is 488. The molecule has 1 aromatic carbocycles. The Balaban J connectivity index is 1.96. The number of carbonyl (C=O) groups is 1. The molecule has 3 heteroatoms. The van der Waals surface area contributed by atoms with Crippen LogP contribution in [0.4, 0.5) is 0 Å². The minimum Gasteiger partial charge on any atom is -0.464 e. The zero-order valence-corrected chi connectivity index (χ0v) is 11.7. The predicted octanol–water partition coefficient (Wildman–Crippen LogP) is 2.90. The van der Waals surface area contributed by atoms with Crippen LogP contribution < -0.4 is 0 Å². The smallest absolute Gasteiger partial charge is 0.339 e. The van der Waals surface area contributed by atoms with Gasteiger partial charge in [-0.1, -0.05) is 30.3 Å². The molecule has 102 valence electrons. The van der Waals surface area contributed by atoms with Gasteiger partial charge >= 0.3 is 5.97 Å². The van der Waals surface area contributed by atoms with Crippen LogP contribution in [0.5, 0.6) is 0 Å². The Hall–Kier alpha value is -1.35. The van der Waals surface area contributed by atoms with Gasteiger partial charge in [-0.05, 0) is 32.8 Å². The van der Waals surface area contributed by atoms with E-state index >= 15 is 0 Å². The molecule has 2 aliphatic rings. The molecule has 0 radical (unpaired) electrons. The zero-order valence-electron chi connectivity index (χ0n) is 11.7. The maximum Gasteiger partial charge on any atom is 0.339 e. The summed E-state index contributed by atoms with van der Waals surface area (Å²) in [5.74, 6) is 0.214. The molecule has 0 amide bonds. The second-order valence-corrected chi connectivity index (χ2v) is 6.43. The summed E-state index contributed by atoms with van der Waals surface area (Å²) in [7, 11) is 0. The normalized spacial score (nSPS) is 33.5. The van der Waals surface area contributed by atoms with Crippen LogP contribution in [0.3, 0.4) is 0 Å². The van der Waals surface area contributed by atoms with Crippen molar-refractivity contribution in [3.8, 4) is 0 Å². The highest BCUT2D eigenvalue weighted by Crippen LogP contribution is 2.64. The van der Waals surface area contributed by atoms with E-state index in [0.29, 0.717) is 6.61 Å². The molecule has 1 saturated heterocycles. The van der Waals surface area contributed by atoms with E-state index in [4.69, 9.17) is 9.47 Å². The van der Waals surface area contributed by atoms with Crippen molar-refractivity contribution in [2.24, 2.45) is 5.92 Å². The molecule has 1 saturated carbocycles. The van der Waals surface area contributed by atoms with Gasteiger partial charge in [-0.3, -0.25) is 0 Å². The van der Waals surface area contributed by atoms with Crippen LogP contribution in [0, 0.1) is 5.92 Å². The average molecular weight is 260 g/mol. The van der Waals surface area contributed by atoms with Gasteiger partial charge in [0.2, 0.25) is 0 Å². The topological polar surface area (TPSA) is 35.5 Å². The molecule has 3 nitrogen and oxygen atoms in total. The largest absolute Gasteiger partial charge is 0.464 e. The van der Waals surface area contributed by atoms with Crippen molar-refractivity contribution in [3.05, 3.63) is 35.9 Å². The fourth-order valence-electron chi connectivity index (χ4n) is 3.31. The van der Waals surface area contributed by atoms with E-state index in [1.165, 1.54) is 5.56 Å². The van der Waals surface area contributed by atoms with Gasteiger partial charge in [0.1, 0.15) is 0 Å². The lowest BCUT2D eigenvalue weighted by Gasteiger charge is -2.29. The zero-order chi connectivity index (χ0) is 13.7. The van der Waals surface area contributed by atoms with Gasteiger partial charge in [0, 0.05) is 11.8 Å². The Morgan fingerprint density at radius 1 is 1.26 bits per heavy atom. The predicted molar refractivity (Wildman–Crippen MR) is 71.8 cm³/mol. The molecule has 1 aliphatic carbocycles. The van der Waals surface area contributed by atoms with Gasteiger partial charge in [-0.25, -0.2) is 4.79 Å². The average Bonchev–Trinajstić information content (AvgIpc) is 2.98. The minimum atomic E-state index is -0.752. The van der Waals surface area contributed by atoms with E-state index in [1.54, 1.807) is 0 Å². The molecule has 0 bridgehead atoms. The van der Waals surface area contributed by atoms with E-state index in [-0.39, 0.29) is 23.4 Å². The second kappa shape index (κ2) is 4.07. The van der Waals surface area contributed by atoms with Gasteiger partial charge in [-0.15, -0.1) is 0 Å². The van der Waals surface area contributed by atoms with Crippen LogP contribution in [0.1, 0.15) is 38.7 Å². The molecule has 1 aliphatic heterocycles. The first-order valence-corrected chi connectivity index (χ1v) is 6.87. The molecule has 19 heavy (non-hydrogen) atoms. The number of ether oxygens (including phenoxy) is 2. The Labute approximate surface area is 113 Å². The number of hydrogen-bond acceptors (Lipinski definition) is 3. The number of rotatable bonds is 2. The summed E-state index contributed by atoms with van der Waals surface area (Å²) in [6.45, 7) is 6.48. The van der Waals surface area contributed by atoms with E-state index in [1.807, 2.05) is 39.0 Å². The molecule has 3 rings (SSSR count). The number of benzene rings is 1. The maximum atomic E-state index is 12.3. The quantitative estimate of drug-likeness (QED) is 0.767. The summed E-state index contributed by atoms with van der Waals surface area (Å²) in [5.41, 5.74) is 0.0753. The molecule has 0 unspecified atom stereocenters. The summed E-state index contributed by atoms with van der Waals surface area (Å²) >= 11 is 0. The van der Waals surface area contributed by atoms with Crippen molar-refractivity contribution in [2.75, 3.05) is 6.61 Å². The molecule has 0 aromatic heterocycles. The van der Waals surface area contributed by atoms with E-state index in [2.05, 4.69) is 12.1 Å². The third kappa shape index (κ3) is 1.96. The van der Waals surface area contributed by atoms with Crippen LogP contribution in [0.25, 0.3) is 0 Å². The van der Waals surface area contributed by atoms with Crippen LogP contribution >= 0.6 is 0 Å². The Morgan fingerprint density at radius 3 is 2.58 bits per heavy atom. The first-order chi connectivity index (χ1) is 8.95. The highest BCUT2D eigenvalue weighted by Gasteiger charge is 2.74. The number of hydrogen-bond donors (Lipinski definition) is 0. The SMILES string of the molecule is CC(C)(C)O[C@@]12C(=O)OCC[C@@H]1[C@@H]2c1ccccc1. The summed E-state index contributed by atoms with van der Waals surface area (Å²) in [6, 6.07) is 10.2. The first kappa shape index (κ1) is 12.7. The lowest BCUT2D eigenvalue weighted by Crippen LogP contribution is -2.41. The lowest BCUT2D eigenvalue weighted by molar-refractivity contribution is -0.180. The van der Waals surface area contributed by atoms with Crippen molar-refractivity contribution in [1.82, 2.24) is 0 Å². The van der Waals surface area contributed by atoms with E-state index in [0.717, 1.165) is 6.42 Å². The summed E-state index contributed by atoms with van der Waals surface area (Å²) in [4.78, 5) is 12.3. The third-order valence-electron chi connectivity index (χ3n) is 3.92. The second-order valence-electron chi connectivity index (χ2n) is 6.43. The molecular weight excluding hydrogens is 240 g/mol. The van der Waals surface area contributed by atoms with E-state index < -0.39 is 5.60 Å². The first-order valence-electron chi connectivity index (χ1n) is 6.87. The van der Waals surface area contributed by atoms with Crippen LogP contribution in [0.15, 0.2) is 30.3 Å². The maximum absolute atomic E-state index is 12.3. The van der Waals surface area contributed by atoms with Crippen molar-refractivity contribution < 1.29 is 14.3 Å². The molecular formula is C16H20O3. The fraction of sp³-hybridized carbons (Fsp3) is 0.562. The molecule has 0 spiro atoms. The van der Waals surface area contributed by atoms with Gasteiger partial charge < -0.3 is 9.47 Å². The standard InChI is InChI=1S/C16H20O3/c1-15(2,3)19-16-12(9-10-18-14(16)17)13(16)11-7-5-4-6-8-11/h4-8,12-13H,9-10H2,1-3H3/t12-,13+,16+/m1/s1. The van der Waals surface area contributed by atoms with Crippen molar-refractivity contribution in [2.45, 2.75) is 44.3 Å². The fourth-order valence-corrected chi connectivity index (χ4v) is 3.31. The molecule has 3 atom stereocenters. The van der Waals surface area contributed by atoms with Gasteiger partial charge in [0.05, 0.1) is 12.2 Å². The summed E-state index contributed by atoms with van der Waals surface area (Å²) in [6.07, 6.45) is 0.890. The third-order valence-corrected chi connectivity index (χ3v) is 3.92. The van der Waals surface area contributed by atoms with Crippen LogP contribution in [0.2, 0.25) is 0 Å². The van der Waals surface area contributed by atoms with Crippen LogP contribution in [-0.4, -0.2) is 23.8 Å². The molecule has 0 N–H and O–H groups in total. The number of esters is 1. The van der Waals surface area contributed by atoms with Crippen molar-refractivity contribution in [1.29, 1.82) is 0 Å². The lowest BCUT2D eigenvalue weighted by atomic mass is 10.1. The minimum absolute atomic E-state index is 0.142. The number of carbonyl (C=O) groups excluding carboxylic acids is 1. The van der Waals surface area contributed by atoms with Crippen LogP contribution in [-0.2, 0) is 14.3 Å².